The van der Waals surface area contributed by atoms with Crippen LogP contribution in [0.2, 0.25) is 0 Å². The summed E-state index contributed by atoms with van der Waals surface area (Å²) in [4.78, 5) is 27.0. The van der Waals surface area contributed by atoms with E-state index in [9.17, 15) is 0 Å². The second-order valence-electron chi connectivity index (χ2n) is 12.5. The van der Waals surface area contributed by atoms with Gasteiger partial charge in [0.05, 0.1) is 33.1 Å². The van der Waals surface area contributed by atoms with Crippen LogP contribution in [0.3, 0.4) is 0 Å². The highest BCUT2D eigenvalue weighted by atomic mass is 16.5. The Labute approximate surface area is 313 Å². The van der Waals surface area contributed by atoms with Gasteiger partial charge in [-0.25, -0.2) is 19.9 Å². The third kappa shape index (κ3) is 6.42. The normalized spacial score (nSPS) is 11.3. The Morgan fingerprint density at radius 1 is 0.345 bits per heavy atom. The smallest absolute Gasteiger partial charge is 0.234 e. The molecule has 0 spiro atoms. The average molecular weight is 718 g/mol. The lowest BCUT2D eigenvalue weighted by molar-refractivity contribution is 0.450. The van der Waals surface area contributed by atoms with Crippen LogP contribution in [0, 0.1) is 0 Å². The molecular weight excluding hydrogens is 691 g/mol. The van der Waals surface area contributed by atoms with Crippen LogP contribution in [0.1, 0.15) is 0 Å². The number of hydrogen-bond acceptors (Lipinski definition) is 10. The molecule has 10 aromatic rings. The van der Waals surface area contributed by atoms with Crippen LogP contribution in [-0.4, -0.2) is 34.5 Å². The van der Waals surface area contributed by atoms with E-state index < -0.39 is 0 Å². The predicted octanol–water partition coefficient (Wildman–Crippen LogP) is 10.6. The summed E-state index contributed by atoms with van der Waals surface area (Å²) in [6.45, 7) is 0. The van der Waals surface area contributed by atoms with Crippen molar-refractivity contribution in [3.63, 3.8) is 0 Å². The molecule has 0 amide bonds. The molecule has 0 unspecified atom stereocenters. The number of pyridine rings is 4. The lowest BCUT2D eigenvalue weighted by atomic mass is 10.1. The zero-order valence-electron chi connectivity index (χ0n) is 28.9. The molecule has 0 radical (unpaired) electrons. The quantitative estimate of drug-likeness (QED) is 0.143. The van der Waals surface area contributed by atoms with Crippen molar-refractivity contribution >= 4 is 43.9 Å². The number of nitrogens with zero attached hydrogens (tertiary/aromatic N) is 7. The Morgan fingerprint density at radius 3 is 1.31 bits per heavy atom. The minimum absolute atomic E-state index is 0.465. The molecule has 0 N–H and O–H groups in total. The van der Waals surface area contributed by atoms with Crippen molar-refractivity contribution in [3.8, 4) is 52.2 Å². The van der Waals surface area contributed by atoms with Crippen molar-refractivity contribution in [2.24, 2.45) is 0 Å². The summed E-state index contributed by atoms with van der Waals surface area (Å²) in [5.74, 6) is 5.09. The molecule has 4 aromatic carbocycles. The Hall–Kier alpha value is -7.92. The summed E-state index contributed by atoms with van der Waals surface area (Å²) < 4.78 is 27.0. The fourth-order valence-electron chi connectivity index (χ4n) is 6.43. The molecular formula is C44H27N7O4. The summed E-state index contributed by atoms with van der Waals surface area (Å²) in [5, 5.41) is 2.01. The van der Waals surface area contributed by atoms with Crippen LogP contribution >= 0.6 is 0 Å². The molecule has 6 heterocycles. The molecule has 0 aliphatic heterocycles. The molecule has 11 nitrogen and oxygen atoms in total. The summed E-state index contributed by atoms with van der Waals surface area (Å²) in [7, 11) is 0. The number of ether oxygens (including phenoxy) is 4. The molecule has 11 heteroatoms. The van der Waals surface area contributed by atoms with E-state index in [1.807, 2.05) is 126 Å². The van der Waals surface area contributed by atoms with Crippen LogP contribution in [0.15, 0.2) is 164 Å². The topological polar surface area (TPSA) is 119 Å². The van der Waals surface area contributed by atoms with Gasteiger partial charge in [0.15, 0.2) is 0 Å². The van der Waals surface area contributed by atoms with Crippen molar-refractivity contribution < 1.29 is 18.9 Å². The highest BCUT2D eigenvalue weighted by molar-refractivity contribution is 6.09. The molecule has 262 valence electrons. The molecule has 55 heavy (non-hydrogen) atoms. The van der Waals surface area contributed by atoms with Gasteiger partial charge < -0.3 is 18.9 Å². The van der Waals surface area contributed by atoms with Crippen LogP contribution in [0.25, 0.3) is 49.8 Å². The predicted molar refractivity (Wildman–Crippen MR) is 209 cm³/mol. The lowest BCUT2D eigenvalue weighted by Gasteiger charge is -2.11. The Bertz CT molecular complexity index is 2840. The van der Waals surface area contributed by atoms with E-state index in [2.05, 4.69) is 29.9 Å². The molecule has 0 saturated carbocycles. The molecule has 10 rings (SSSR count). The van der Waals surface area contributed by atoms with Gasteiger partial charge in [0, 0.05) is 72.0 Å². The lowest BCUT2D eigenvalue weighted by Crippen LogP contribution is -2.00. The minimum Gasteiger partial charge on any atom is -0.457 e. The molecule has 0 atom stereocenters. The molecule has 6 aromatic heterocycles. The van der Waals surface area contributed by atoms with E-state index in [0.717, 1.165) is 43.9 Å². The zero-order chi connectivity index (χ0) is 36.6. The van der Waals surface area contributed by atoms with Gasteiger partial charge in [-0.05, 0) is 91.0 Å². The van der Waals surface area contributed by atoms with Crippen LogP contribution in [0.5, 0.6) is 46.3 Å². The molecule has 0 saturated heterocycles. The third-order valence-corrected chi connectivity index (χ3v) is 8.85. The van der Waals surface area contributed by atoms with Crippen molar-refractivity contribution in [3.05, 3.63) is 164 Å². The summed E-state index contributed by atoms with van der Waals surface area (Å²) >= 11 is 0. The first kappa shape index (κ1) is 31.8. The van der Waals surface area contributed by atoms with E-state index in [-0.39, 0.29) is 0 Å². The zero-order valence-corrected chi connectivity index (χ0v) is 28.9. The van der Waals surface area contributed by atoms with Gasteiger partial charge in [-0.3, -0.25) is 14.5 Å². The van der Waals surface area contributed by atoms with Gasteiger partial charge >= 0.3 is 0 Å². The monoisotopic (exact) mass is 717 g/mol. The maximum atomic E-state index is 6.39. The minimum atomic E-state index is 0.465. The SMILES string of the molecule is c1cnc(-n2c3cc(Oc4cccc(Oc5ccc6ncccc6n5)c4)ccc3c3ccc(Oc4cccc(Oc5ccc6ncccc6n5)c4)cc32)nc1. The van der Waals surface area contributed by atoms with E-state index in [1.165, 1.54) is 0 Å². The van der Waals surface area contributed by atoms with Crippen LogP contribution in [0.4, 0.5) is 0 Å². The number of benzene rings is 4. The van der Waals surface area contributed by atoms with E-state index in [4.69, 9.17) is 18.9 Å². The Kier molecular flexibility index (Phi) is 7.84. The van der Waals surface area contributed by atoms with Crippen molar-refractivity contribution in [2.75, 3.05) is 0 Å². The molecule has 0 aliphatic carbocycles. The summed E-state index contributed by atoms with van der Waals surface area (Å²) in [6.07, 6.45) is 6.92. The fourth-order valence-corrected chi connectivity index (χ4v) is 6.43. The highest BCUT2D eigenvalue weighted by Crippen LogP contribution is 2.38. The van der Waals surface area contributed by atoms with Crippen molar-refractivity contribution in [1.82, 2.24) is 34.5 Å². The standard InChI is InChI=1S/C44H27N7O4/c1-6-28(24-30(8-1)54-42-18-16-36-38(49-42)10-3-20-45-36)52-32-12-14-34-35-15-13-33(27-41(35)51(40(34)26-32)44-47-22-5-23-48-44)53-29-7-2-9-31(25-29)55-43-19-17-37-39(50-43)11-4-21-46-37/h1-27H. The van der Waals surface area contributed by atoms with Crippen molar-refractivity contribution in [1.29, 1.82) is 0 Å². The van der Waals surface area contributed by atoms with Gasteiger partial charge in [-0.2, -0.15) is 0 Å². The van der Waals surface area contributed by atoms with Gasteiger partial charge in [0.25, 0.3) is 0 Å². The van der Waals surface area contributed by atoms with Gasteiger partial charge in [-0.1, -0.05) is 12.1 Å². The Balaban J connectivity index is 0.947. The summed E-state index contributed by atoms with van der Waals surface area (Å²) in [5.41, 5.74) is 4.84. The maximum Gasteiger partial charge on any atom is 0.234 e. The number of hydrogen-bond donors (Lipinski definition) is 0. The first-order valence-electron chi connectivity index (χ1n) is 17.4. The second kappa shape index (κ2) is 13.6. The van der Waals surface area contributed by atoms with E-state index in [1.54, 1.807) is 43.0 Å². The van der Waals surface area contributed by atoms with E-state index in [0.29, 0.717) is 52.2 Å². The van der Waals surface area contributed by atoms with Gasteiger partial charge in [0.1, 0.15) is 34.5 Å². The van der Waals surface area contributed by atoms with Gasteiger partial charge in [-0.15, -0.1) is 0 Å². The van der Waals surface area contributed by atoms with E-state index >= 15 is 0 Å². The largest absolute Gasteiger partial charge is 0.457 e. The fraction of sp³-hybridized carbons (Fsp3) is 0. The average Bonchev–Trinajstić information content (AvgIpc) is 3.54. The maximum absolute atomic E-state index is 6.39. The molecule has 0 aliphatic rings. The highest BCUT2D eigenvalue weighted by Gasteiger charge is 2.17. The first-order valence-corrected chi connectivity index (χ1v) is 17.4. The summed E-state index contributed by atoms with van der Waals surface area (Å²) in [6, 6.07) is 43.5. The Morgan fingerprint density at radius 2 is 0.800 bits per heavy atom. The van der Waals surface area contributed by atoms with Crippen molar-refractivity contribution in [2.45, 2.75) is 0 Å². The second-order valence-corrected chi connectivity index (χ2v) is 12.5. The number of aromatic nitrogens is 7. The van der Waals surface area contributed by atoms with Crippen LogP contribution < -0.4 is 18.9 Å². The number of rotatable bonds is 9. The third-order valence-electron chi connectivity index (χ3n) is 8.85. The van der Waals surface area contributed by atoms with Gasteiger partial charge in [0.2, 0.25) is 17.7 Å². The molecule has 0 fully saturated rings. The van der Waals surface area contributed by atoms with Crippen LogP contribution in [-0.2, 0) is 0 Å². The first-order chi connectivity index (χ1) is 27.2. The number of fused-ring (bicyclic) bond motifs is 5. The molecule has 0 bridgehead atoms.